The van der Waals surface area contributed by atoms with Crippen molar-refractivity contribution in [2.24, 2.45) is 0 Å². The number of benzene rings is 4. The quantitative estimate of drug-likeness (QED) is 0.335. The third-order valence-electron chi connectivity index (χ3n) is 4.52. The van der Waals surface area contributed by atoms with E-state index in [1.54, 1.807) is 24.4 Å². The average molecular weight is 308 g/mol. The Morgan fingerprint density at radius 2 is 1.21 bits per heavy atom. The maximum atomic E-state index is 8.07. The second-order valence-electron chi connectivity index (χ2n) is 5.84. The number of nitrogens with zero attached hydrogens (tertiary/aromatic N) is 1. The second-order valence-corrected chi connectivity index (χ2v) is 5.84. The SMILES string of the molecule is [2H]c1ccnc(-c2ccc3c4ccc([2H])cc4c4ccc([2H])cc4c3c2)c1. The molecule has 1 aromatic heterocycles. The number of hydrogen-bond donors (Lipinski definition) is 0. The van der Waals surface area contributed by atoms with Crippen LogP contribution >= 0.6 is 0 Å². The van der Waals surface area contributed by atoms with Gasteiger partial charge in [0.2, 0.25) is 0 Å². The van der Waals surface area contributed by atoms with E-state index in [0.717, 1.165) is 43.6 Å². The molecule has 0 bridgehead atoms. The Morgan fingerprint density at radius 3 is 1.96 bits per heavy atom. The number of rotatable bonds is 1. The van der Waals surface area contributed by atoms with Gasteiger partial charge in [-0.1, -0.05) is 66.7 Å². The molecular formula is C23H15N. The van der Waals surface area contributed by atoms with E-state index in [1.165, 1.54) is 0 Å². The molecule has 1 nitrogen and oxygen atoms in total. The van der Waals surface area contributed by atoms with Gasteiger partial charge >= 0.3 is 0 Å². The molecule has 5 aromatic rings. The zero-order valence-corrected chi connectivity index (χ0v) is 12.9. The highest BCUT2D eigenvalue weighted by molar-refractivity contribution is 6.25. The van der Waals surface area contributed by atoms with Crippen molar-refractivity contribution in [3.8, 4) is 11.3 Å². The summed E-state index contributed by atoms with van der Waals surface area (Å²) < 4.78 is 23.9. The topological polar surface area (TPSA) is 12.9 Å². The highest BCUT2D eigenvalue weighted by Gasteiger charge is 2.09. The molecule has 24 heavy (non-hydrogen) atoms. The predicted octanol–water partition coefficient (Wildman–Crippen LogP) is 6.21. The molecule has 1 heterocycles. The van der Waals surface area contributed by atoms with Crippen LogP contribution in [0.25, 0.3) is 43.6 Å². The first kappa shape index (κ1) is 10.6. The lowest BCUT2D eigenvalue weighted by Crippen LogP contribution is -1.86. The molecule has 5 rings (SSSR count). The van der Waals surface area contributed by atoms with Gasteiger partial charge in [0.15, 0.2) is 0 Å². The first-order chi connectivity index (χ1) is 13.1. The zero-order valence-electron chi connectivity index (χ0n) is 15.9. The molecule has 0 saturated heterocycles. The summed E-state index contributed by atoms with van der Waals surface area (Å²) in [5, 5.41) is 6.32. The summed E-state index contributed by atoms with van der Waals surface area (Å²) in [5.41, 5.74) is 1.71. The largest absolute Gasteiger partial charge is 0.256 e. The van der Waals surface area contributed by atoms with Gasteiger partial charge in [-0.05, 0) is 50.5 Å². The summed E-state index contributed by atoms with van der Waals surface area (Å²) in [6.07, 6.45) is 1.65. The molecule has 0 aliphatic carbocycles. The molecular weight excluding hydrogens is 290 g/mol. The highest BCUT2D eigenvalue weighted by Crippen LogP contribution is 2.36. The van der Waals surface area contributed by atoms with Crippen molar-refractivity contribution < 1.29 is 4.11 Å². The molecule has 0 unspecified atom stereocenters. The van der Waals surface area contributed by atoms with E-state index >= 15 is 0 Å². The van der Waals surface area contributed by atoms with E-state index in [4.69, 9.17) is 4.11 Å². The van der Waals surface area contributed by atoms with Crippen LogP contribution in [0.4, 0.5) is 0 Å². The molecule has 0 saturated carbocycles. The summed E-state index contributed by atoms with van der Waals surface area (Å²) >= 11 is 0. The van der Waals surface area contributed by atoms with Gasteiger partial charge < -0.3 is 0 Å². The van der Waals surface area contributed by atoms with Crippen LogP contribution in [0, 0.1) is 0 Å². The van der Waals surface area contributed by atoms with Gasteiger partial charge in [0, 0.05) is 11.8 Å². The van der Waals surface area contributed by atoms with Crippen LogP contribution in [0.1, 0.15) is 4.11 Å². The van der Waals surface area contributed by atoms with Gasteiger partial charge in [0.1, 0.15) is 0 Å². The van der Waals surface area contributed by atoms with Gasteiger partial charge in [-0.15, -0.1) is 0 Å². The molecule has 0 aliphatic heterocycles. The minimum Gasteiger partial charge on any atom is -0.256 e. The van der Waals surface area contributed by atoms with E-state index < -0.39 is 0 Å². The third-order valence-corrected chi connectivity index (χ3v) is 4.52. The van der Waals surface area contributed by atoms with E-state index in [0.29, 0.717) is 18.1 Å². The Kier molecular flexibility index (Phi) is 2.28. The van der Waals surface area contributed by atoms with Crippen LogP contribution in [0.3, 0.4) is 0 Å². The summed E-state index contributed by atoms with van der Waals surface area (Å²) in [4.78, 5) is 4.41. The van der Waals surface area contributed by atoms with Crippen LogP contribution < -0.4 is 0 Å². The third kappa shape index (κ3) is 1.92. The molecule has 1 heteroatoms. The normalized spacial score (nSPS) is 13.1. The fourth-order valence-corrected chi connectivity index (χ4v) is 3.42. The van der Waals surface area contributed by atoms with Crippen LogP contribution in [0.5, 0.6) is 0 Å². The summed E-state index contributed by atoms with van der Waals surface area (Å²) in [7, 11) is 0. The number of fused-ring (bicyclic) bond motifs is 6. The minimum absolute atomic E-state index is 0.430. The minimum atomic E-state index is 0.430. The van der Waals surface area contributed by atoms with Crippen LogP contribution in [0.15, 0.2) is 91.1 Å². The molecule has 0 spiro atoms. The van der Waals surface area contributed by atoms with Gasteiger partial charge in [0.05, 0.1) is 9.81 Å². The van der Waals surface area contributed by atoms with E-state index in [1.807, 2.05) is 36.4 Å². The average Bonchev–Trinajstić information content (AvgIpc) is 2.67. The van der Waals surface area contributed by atoms with Crippen molar-refractivity contribution in [2.75, 3.05) is 0 Å². The van der Waals surface area contributed by atoms with Crippen molar-refractivity contribution in [2.45, 2.75) is 0 Å². The van der Waals surface area contributed by atoms with Crippen molar-refractivity contribution in [1.29, 1.82) is 0 Å². The lowest BCUT2D eigenvalue weighted by atomic mass is 9.93. The molecule has 0 N–H and O–H groups in total. The van der Waals surface area contributed by atoms with Gasteiger partial charge in [0.25, 0.3) is 0 Å². The first-order valence-corrected chi connectivity index (χ1v) is 7.90. The lowest BCUT2D eigenvalue weighted by Gasteiger charge is -2.11. The Morgan fingerprint density at radius 1 is 0.583 bits per heavy atom. The van der Waals surface area contributed by atoms with E-state index in [2.05, 4.69) is 17.1 Å². The smallest absolute Gasteiger partial charge is 0.0702 e. The number of aromatic nitrogens is 1. The van der Waals surface area contributed by atoms with Crippen LogP contribution in [-0.2, 0) is 0 Å². The van der Waals surface area contributed by atoms with Crippen molar-refractivity contribution >= 4 is 32.3 Å². The number of hydrogen-bond acceptors (Lipinski definition) is 1. The maximum Gasteiger partial charge on any atom is 0.0702 e. The predicted molar refractivity (Wildman–Crippen MR) is 102 cm³/mol. The van der Waals surface area contributed by atoms with Gasteiger partial charge in [-0.25, -0.2) is 0 Å². The maximum absolute atomic E-state index is 8.07. The molecule has 0 atom stereocenters. The summed E-state index contributed by atoms with van der Waals surface area (Å²) in [5.74, 6) is 0. The standard InChI is InChI=1S/C23H15N/c1-2-9-19-17(7-1)18-8-3-4-10-20(18)22-15-16(12-13-21(19)22)23-11-5-6-14-24-23/h1-15H/i1D,4D,5D. The Labute approximate surface area is 144 Å². The van der Waals surface area contributed by atoms with Gasteiger partial charge in [-0.2, -0.15) is 0 Å². The number of pyridine rings is 1. The van der Waals surface area contributed by atoms with Crippen molar-refractivity contribution in [3.63, 3.8) is 0 Å². The van der Waals surface area contributed by atoms with E-state index in [-0.39, 0.29) is 0 Å². The molecule has 112 valence electrons. The molecule has 0 radical (unpaired) electrons. The lowest BCUT2D eigenvalue weighted by molar-refractivity contribution is 1.33. The van der Waals surface area contributed by atoms with Crippen LogP contribution in [0.2, 0.25) is 0 Å². The molecule has 4 aromatic carbocycles. The summed E-state index contributed by atoms with van der Waals surface area (Å²) in [6, 6.07) is 22.3. The Hall–Kier alpha value is -3.19. The fourth-order valence-electron chi connectivity index (χ4n) is 3.42. The molecule has 0 amide bonds. The highest BCUT2D eigenvalue weighted by atomic mass is 14.7. The van der Waals surface area contributed by atoms with Crippen molar-refractivity contribution in [3.05, 3.63) is 91.1 Å². The molecule has 0 aliphatic rings. The molecule has 0 fully saturated rings. The zero-order chi connectivity index (χ0) is 18.5. The Balaban J connectivity index is 1.94. The van der Waals surface area contributed by atoms with Gasteiger partial charge in [-0.3, -0.25) is 4.98 Å². The summed E-state index contributed by atoms with van der Waals surface area (Å²) in [6.45, 7) is 0. The fraction of sp³-hybridized carbons (Fsp3) is 0. The van der Waals surface area contributed by atoms with Crippen molar-refractivity contribution in [1.82, 2.24) is 4.98 Å². The van der Waals surface area contributed by atoms with Crippen LogP contribution in [-0.4, -0.2) is 4.98 Å². The monoisotopic (exact) mass is 308 g/mol. The Bertz CT molecular complexity index is 1360. The first-order valence-electron chi connectivity index (χ1n) is 9.40. The second kappa shape index (κ2) is 5.17. The van der Waals surface area contributed by atoms with E-state index in [9.17, 15) is 0 Å².